The first-order chi connectivity index (χ1) is 8.60. The summed E-state index contributed by atoms with van der Waals surface area (Å²) in [5, 5.41) is 2.45. The van der Waals surface area contributed by atoms with Crippen LogP contribution >= 0.6 is 11.6 Å². The lowest BCUT2D eigenvalue weighted by Gasteiger charge is -2.04. The maximum absolute atomic E-state index is 12.9. The average molecular weight is 267 g/mol. The van der Waals surface area contributed by atoms with Gasteiger partial charge in [-0.2, -0.15) is 0 Å². The van der Waals surface area contributed by atoms with Crippen LogP contribution in [-0.2, 0) is 0 Å². The number of halogens is 2. The predicted molar refractivity (Wildman–Crippen MR) is 65.5 cm³/mol. The van der Waals surface area contributed by atoms with Gasteiger partial charge in [0.15, 0.2) is 6.29 Å². The molecule has 0 atom stereocenters. The average Bonchev–Trinajstić information content (AvgIpc) is 2.82. The highest BCUT2D eigenvalue weighted by Gasteiger charge is 2.09. The Morgan fingerprint density at radius 3 is 2.72 bits per heavy atom. The summed E-state index contributed by atoms with van der Waals surface area (Å²) in [5.74, 6) is -0.997. The molecule has 0 aliphatic rings. The Morgan fingerprint density at radius 2 is 2.11 bits per heavy atom. The number of H-pyrrole nitrogens is 1. The van der Waals surface area contributed by atoms with Crippen LogP contribution in [0, 0.1) is 5.82 Å². The summed E-state index contributed by atoms with van der Waals surface area (Å²) in [6.07, 6.45) is 0.603. The van der Waals surface area contributed by atoms with Gasteiger partial charge in [-0.25, -0.2) is 4.39 Å². The second-order valence-corrected chi connectivity index (χ2v) is 3.94. The Hall–Kier alpha value is -2.14. The molecule has 1 aromatic carbocycles. The first-order valence-corrected chi connectivity index (χ1v) is 5.38. The third-order valence-electron chi connectivity index (χ3n) is 2.26. The van der Waals surface area contributed by atoms with Gasteiger partial charge in [-0.15, -0.1) is 0 Å². The van der Waals surface area contributed by atoms with E-state index in [2.05, 4.69) is 10.3 Å². The number of hydrogen-bond donors (Lipinski definition) is 2. The van der Waals surface area contributed by atoms with Crippen LogP contribution in [0.2, 0.25) is 5.02 Å². The summed E-state index contributed by atoms with van der Waals surface area (Å²) < 4.78 is 12.9. The molecule has 2 rings (SSSR count). The molecule has 0 bridgehead atoms. The second-order valence-electron chi connectivity index (χ2n) is 3.53. The standard InChI is InChI=1S/C12H8ClFN2O2/c13-9-5-7(1-3-10(9)14)16-12(18)11-4-2-8(6-17)15-11/h1-6,15H,(H,16,18). The summed E-state index contributed by atoms with van der Waals surface area (Å²) in [6.45, 7) is 0. The first kappa shape index (κ1) is 12.3. The van der Waals surface area contributed by atoms with Crippen molar-refractivity contribution in [1.29, 1.82) is 0 Å². The van der Waals surface area contributed by atoms with Crippen molar-refractivity contribution in [3.05, 3.63) is 52.6 Å². The van der Waals surface area contributed by atoms with E-state index in [1.165, 1.54) is 24.3 Å². The van der Waals surface area contributed by atoms with Gasteiger partial charge in [-0.05, 0) is 30.3 Å². The number of aromatic amines is 1. The van der Waals surface area contributed by atoms with E-state index >= 15 is 0 Å². The molecule has 1 aromatic heterocycles. The zero-order chi connectivity index (χ0) is 13.1. The largest absolute Gasteiger partial charge is 0.348 e. The molecule has 2 N–H and O–H groups in total. The van der Waals surface area contributed by atoms with Crippen LogP contribution < -0.4 is 5.32 Å². The Morgan fingerprint density at radius 1 is 1.33 bits per heavy atom. The monoisotopic (exact) mass is 266 g/mol. The fraction of sp³-hybridized carbons (Fsp3) is 0. The maximum atomic E-state index is 12.9. The van der Waals surface area contributed by atoms with Crippen LogP contribution in [0.1, 0.15) is 21.0 Å². The van der Waals surface area contributed by atoms with E-state index in [0.29, 0.717) is 17.7 Å². The topological polar surface area (TPSA) is 62.0 Å². The summed E-state index contributed by atoms with van der Waals surface area (Å²) in [7, 11) is 0. The lowest BCUT2D eigenvalue weighted by Crippen LogP contribution is -2.12. The third kappa shape index (κ3) is 2.57. The minimum atomic E-state index is -0.558. The first-order valence-electron chi connectivity index (χ1n) is 5.01. The van der Waals surface area contributed by atoms with Gasteiger partial charge in [-0.3, -0.25) is 9.59 Å². The van der Waals surface area contributed by atoms with Crippen molar-refractivity contribution >= 4 is 29.5 Å². The molecule has 0 saturated carbocycles. The number of rotatable bonds is 3. The van der Waals surface area contributed by atoms with Gasteiger partial charge in [0.05, 0.1) is 10.7 Å². The van der Waals surface area contributed by atoms with E-state index in [1.54, 1.807) is 0 Å². The van der Waals surface area contributed by atoms with Crippen LogP contribution in [0.4, 0.5) is 10.1 Å². The van der Waals surface area contributed by atoms with Gasteiger partial charge >= 0.3 is 0 Å². The molecule has 0 saturated heterocycles. The van der Waals surface area contributed by atoms with Crippen molar-refractivity contribution < 1.29 is 14.0 Å². The lowest BCUT2D eigenvalue weighted by atomic mass is 10.3. The number of anilines is 1. The number of carbonyl (C=O) groups excluding carboxylic acids is 2. The highest BCUT2D eigenvalue weighted by molar-refractivity contribution is 6.31. The van der Waals surface area contributed by atoms with Gasteiger partial charge in [0.25, 0.3) is 5.91 Å². The Kier molecular flexibility index (Phi) is 3.43. The van der Waals surface area contributed by atoms with E-state index in [-0.39, 0.29) is 10.7 Å². The highest BCUT2D eigenvalue weighted by Crippen LogP contribution is 2.19. The predicted octanol–water partition coefficient (Wildman–Crippen LogP) is 2.87. The van der Waals surface area contributed by atoms with E-state index in [9.17, 15) is 14.0 Å². The molecule has 92 valence electrons. The summed E-state index contributed by atoms with van der Waals surface area (Å²) in [6, 6.07) is 6.81. The lowest BCUT2D eigenvalue weighted by molar-refractivity contribution is 0.102. The normalized spacial score (nSPS) is 10.1. The van der Waals surface area contributed by atoms with Gasteiger partial charge in [0, 0.05) is 5.69 Å². The molecular weight excluding hydrogens is 259 g/mol. The van der Waals surface area contributed by atoms with E-state index < -0.39 is 11.7 Å². The maximum Gasteiger partial charge on any atom is 0.272 e. The van der Waals surface area contributed by atoms with Gasteiger partial charge < -0.3 is 10.3 Å². The van der Waals surface area contributed by atoms with Crippen LogP contribution in [0.15, 0.2) is 30.3 Å². The summed E-state index contributed by atoms with van der Waals surface area (Å²) in [4.78, 5) is 24.8. The molecule has 0 unspecified atom stereocenters. The fourth-order valence-corrected chi connectivity index (χ4v) is 1.57. The highest BCUT2D eigenvalue weighted by atomic mass is 35.5. The molecule has 1 amide bonds. The second kappa shape index (κ2) is 5.01. The number of hydrogen-bond acceptors (Lipinski definition) is 2. The Labute approximate surface area is 107 Å². The zero-order valence-corrected chi connectivity index (χ0v) is 9.79. The van der Waals surface area contributed by atoms with Crippen LogP contribution in [0.25, 0.3) is 0 Å². The van der Waals surface area contributed by atoms with Crippen molar-refractivity contribution in [3.8, 4) is 0 Å². The SMILES string of the molecule is O=Cc1ccc(C(=O)Nc2ccc(F)c(Cl)c2)[nH]1. The van der Waals surface area contributed by atoms with Crippen molar-refractivity contribution in [2.75, 3.05) is 5.32 Å². The molecule has 2 aromatic rings. The van der Waals surface area contributed by atoms with Crippen molar-refractivity contribution in [2.45, 2.75) is 0 Å². The van der Waals surface area contributed by atoms with E-state index in [1.807, 2.05) is 0 Å². The molecule has 0 spiro atoms. The third-order valence-corrected chi connectivity index (χ3v) is 2.55. The van der Waals surface area contributed by atoms with E-state index in [0.717, 1.165) is 6.07 Å². The van der Waals surface area contributed by atoms with Crippen molar-refractivity contribution in [3.63, 3.8) is 0 Å². The quantitative estimate of drug-likeness (QED) is 0.839. The van der Waals surface area contributed by atoms with Crippen LogP contribution in [0.3, 0.4) is 0 Å². The molecular formula is C12H8ClFN2O2. The Balaban J connectivity index is 2.15. The molecule has 0 fully saturated rings. The molecule has 0 aliphatic heterocycles. The van der Waals surface area contributed by atoms with Crippen LogP contribution in [-0.4, -0.2) is 17.2 Å². The summed E-state index contributed by atoms with van der Waals surface area (Å²) in [5.41, 5.74) is 0.906. The molecule has 6 heteroatoms. The number of carbonyl (C=O) groups is 2. The molecule has 0 radical (unpaired) electrons. The molecule has 4 nitrogen and oxygen atoms in total. The minimum Gasteiger partial charge on any atom is -0.348 e. The number of aldehydes is 1. The van der Waals surface area contributed by atoms with Crippen LogP contribution in [0.5, 0.6) is 0 Å². The number of aromatic nitrogens is 1. The van der Waals surface area contributed by atoms with Gasteiger partial charge in [0.2, 0.25) is 0 Å². The van der Waals surface area contributed by atoms with E-state index in [4.69, 9.17) is 11.6 Å². The minimum absolute atomic E-state index is 0.0760. The molecule has 18 heavy (non-hydrogen) atoms. The number of benzene rings is 1. The fourth-order valence-electron chi connectivity index (χ4n) is 1.39. The molecule has 1 heterocycles. The zero-order valence-electron chi connectivity index (χ0n) is 9.04. The summed E-state index contributed by atoms with van der Waals surface area (Å²) >= 11 is 5.59. The van der Waals surface area contributed by atoms with Gasteiger partial charge in [-0.1, -0.05) is 11.6 Å². The van der Waals surface area contributed by atoms with Crippen molar-refractivity contribution in [2.24, 2.45) is 0 Å². The smallest absolute Gasteiger partial charge is 0.272 e. The van der Waals surface area contributed by atoms with Crippen molar-refractivity contribution in [1.82, 2.24) is 4.98 Å². The van der Waals surface area contributed by atoms with Gasteiger partial charge in [0.1, 0.15) is 11.5 Å². The number of nitrogens with one attached hydrogen (secondary N) is 2. The Bertz CT molecular complexity index is 610. The molecule has 0 aliphatic carbocycles. The number of amides is 1.